The topological polar surface area (TPSA) is 85.1 Å². The summed E-state index contributed by atoms with van der Waals surface area (Å²) in [5.74, 6) is -0.322. The highest BCUT2D eigenvalue weighted by Crippen LogP contribution is 2.31. The highest BCUT2D eigenvalue weighted by atomic mass is 16.2. The fourth-order valence-corrected chi connectivity index (χ4v) is 2.50. The molecule has 3 N–H and O–H groups in total. The third kappa shape index (κ3) is 2.03. The molecule has 5 nitrogen and oxygen atoms in total. The normalized spacial score (nSPS) is 19.5. The predicted molar refractivity (Wildman–Crippen MR) is 71.3 cm³/mol. The Kier molecular flexibility index (Phi) is 2.67. The SMILES string of the molecule is Nc1cc2c(C3CCC(=O)NC3=O)cccc2cn1. The number of amides is 2. The van der Waals surface area contributed by atoms with Gasteiger partial charge in [-0.1, -0.05) is 18.2 Å². The van der Waals surface area contributed by atoms with Gasteiger partial charge in [0.15, 0.2) is 0 Å². The van der Waals surface area contributed by atoms with Crippen molar-refractivity contribution in [2.75, 3.05) is 5.73 Å². The van der Waals surface area contributed by atoms with Crippen molar-refractivity contribution in [1.29, 1.82) is 0 Å². The molecule has 5 heteroatoms. The summed E-state index contributed by atoms with van der Waals surface area (Å²) >= 11 is 0. The Morgan fingerprint density at radius 1 is 1.32 bits per heavy atom. The van der Waals surface area contributed by atoms with E-state index >= 15 is 0 Å². The van der Waals surface area contributed by atoms with Crippen LogP contribution in [0.15, 0.2) is 30.5 Å². The fraction of sp³-hybridized carbons (Fsp3) is 0.214. The van der Waals surface area contributed by atoms with Crippen LogP contribution in [-0.2, 0) is 9.59 Å². The molecule has 0 aliphatic carbocycles. The Bertz CT molecular complexity index is 681. The number of carbonyl (C=O) groups excluding carboxylic acids is 2. The molecule has 0 bridgehead atoms. The first-order chi connectivity index (χ1) is 9.15. The average molecular weight is 255 g/mol. The van der Waals surface area contributed by atoms with Gasteiger partial charge in [-0.25, -0.2) is 4.98 Å². The largest absolute Gasteiger partial charge is 0.384 e. The number of nitrogens with two attached hydrogens (primary N) is 1. The van der Waals surface area contributed by atoms with Gasteiger partial charge < -0.3 is 5.73 Å². The van der Waals surface area contributed by atoms with E-state index in [0.717, 1.165) is 16.3 Å². The second-order valence-electron chi connectivity index (χ2n) is 4.68. The van der Waals surface area contributed by atoms with Crippen molar-refractivity contribution in [3.05, 3.63) is 36.0 Å². The van der Waals surface area contributed by atoms with Crippen LogP contribution >= 0.6 is 0 Å². The van der Waals surface area contributed by atoms with Crippen LogP contribution in [0.5, 0.6) is 0 Å². The van der Waals surface area contributed by atoms with E-state index in [-0.39, 0.29) is 17.7 Å². The summed E-state index contributed by atoms with van der Waals surface area (Å²) < 4.78 is 0. The number of rotatable bonds is 1. The Morgan fingerprint density at radius 2 is 2.16 bits per heavy atom. The maximum atomic E-state index is 12.0. The quantitative estimate of drug-likeness (QED) is 0.753. The minimum absolute atomic E-state index is 0.206. The van der Waals surface area contributed by atoms with Crippen LogP contribution in [0, 0.1) is 0 Å². The summed E-state index contributed by atoms with van der Waals surface area (Å²) in [5.41, 5.74) is 6.61. The van der Waals surface area contributed by atoms with Gasteiger partial charge in [-0.05, 0) is 23.4 Å². The van der Waals surface area contributed by atoms with E-state index < -0.39 is 0 Å². The highest BCUT2D eigenvalue weighted by molar-refractivity contribution is 6.03. The standard InChI is InChI=1S/C14H13N3O2/c15-12-6-11-8(7-16-12)2-1-3-9(11)10-4-5-13(18)17-14(10)19/h1-3,6-7,10H,4-5H2,(H2,15,16)(H,17,18,19). The molecular weight excluding hydrogens is 242 g/mol. The summed E-state index contributed by atoms with van der Waals surface area (Å²) in [6.45, 7) is 0. The van der Waals surface area contributed by atoms with Crippen molar-refractivity contribution >= 4 is 28.4 Å². The second-order valence-corrected chi connectivity index (χ2v) is 4.68. The van der Waals surface area contributed by atoms with E-state index in [9.17, 15) is 9.59 Å². The van der Waals surface area contributed by atoms with E-state index in [4.69, 9.17) is 5.73 Å². The minimum atomic E-state index is -0.303. The van der Waals surface area contributed by atoms with Gasteiger partial charge >= 0.3 is 0 Å². The molecule has 0 spiro atoms. The molecule has 96 valence electrons. The highest BCUT2D eigenvalue weighted by Gasteiger charge is 2.28. The number of aromatic nitrogens is 1. The molecule has 2 amide bonds. The van der Waals surface area contributed by atoms with Gasteiger partial charge in [0.25, 0.3) is 0 Å². The summed E-state index contributed by atoms with van der Waals surface area (Å²) in [7, 11) is 0. The lowest BCUT2D eigenvalue weighted by Crippen LogP contribution is -2.39. The number of nitrogens with zero attached hydrogens (tertiary/aromatic N) is 1. The lowest BCUT2D eigenvalue weighted by molar-refractivity contribution is -0.134. The molecule has 1 unspecified atom stereocenters. The molecule has 2 heterocycles. The molecule has 0 saturated carbocycles. The fourth-order valence-electron chi connectivity index (χ4n) is 2.50. The van der Waals surface area contributed by atoms with Crippen LogP contribution in [-0.4, -0.2) is 16.8 Å². The second kappa shape index (κ2) is 4.35. The molecule has 2 aromatic rings. The number of hydrogen-bond acceptors (Lipinski definition) is 4. The lowest BCUT2D eigenvalue weighted by atomic mass is 9.87. The summed E-state index contributed by atoms with van der Waals surface area (Å²) in [6, 6.07) is 7.49. The molecule has 1 aromatic heterocycles. The molecule has 19 heavy (non-hydrogen) atoms. The van der Waals surface area contributed by atoms with E-state index in [2.05, 4.69) is 10.3 Å². The molecule has 1 aliphatic heterocycles. The van der Waals surface area contributed by atoms with Crippen LogP contribution in [0.25, 0.3) is 10.8 Å². The number of imide groups is 1. The van der Waals surface area contributed by atoms with Gasteiger partial charge in [0.2, 0.25) is 11.8 Å². The molecule has 0 radical (unpaired) electrons. The first-order valence-corrected chi connectivity index (χ1v) is 6.13. The molecule has 1 saturated heterocycles. The van der Waals surface area contributed by atoms with Crippen LogP contribution in [0.1, 0.15) is 24.3 Å². The predicted octanol–water partition coefficient (Wildman–Crippen LogP) is 1.34. The molecule has 3 rings (SSSR count). The van der Waals surface area contributed by atoms with E-state index in [1.54, 1.807) is 12.3 Å². The van der Waals surface area contributed by atoms with Crippen molar-refractivity contribution in [1.82, 2.24) is 10.3 Å². The number of carbonyl (C=O) groups is 2. The maximum Gasteiger partial charge on any atom is 0.234 e. The monoisotopic (exact) mass is 255 g/mol. The lowest BCUT2D eigenvalue weighted by Gasteiger charge is -2.22. The first-order valence-electron chi connectivity index (χ1n) is 6.13. The number of nitrogen functional groups attached to an aromatic ring is 1. The van der Waals surface area contributed by atoms with Crippen molar-refractivity contribution in [2.45, 2.75) is 18.8 Å². The minimum Gasteiger partial charge on any atom is -0.384 e. The number of piperidine rings is 1. The van der Waals surface area contributed by atoms with Crippen LogP contribution in [0.4, 0.5) is 5.82 Å². The molecule has 1 aromatic carbocycles. The summed E-state index contributed by atoms with van der Waals surface area (Å²) in [4.78, 5) is 27.2. The number of fused-ring (bicyclic) bond motifs is 1. The van der Waals surface area contributed by atoms with Crippen LogP contribution in [0.2, 0.25) is 0 Å². The van der Waals surface area contributed by atoms with Crippen LogP contribution < -0.4 is 11.1 Å². The zero-order valence-electron chi connectivity index (χ0n) is 10.2. The number of nitrogens with one attached hydrogen (secondary N) is 1. The van der Waals surface area contributed by atoms with Crippen molar-refractivity contribution < 1.29 is 9.59 Å². The Hall–Kier alpha value is -2.43. The van der Waals surface area contributed by atoms with E-state index in [1.807, 2.05) is 18.2 Å². The van der Waals surface area contributed by atoms with Crippen molar-refractivity contribution in [3.63, 3.8) is 0 Å². The molecule has 1 fully saturated rings. The van der Waals surface area contributed by atoms with E-state index in [0.29, 0.717) is 18.7 Å². The van der Waals surface area contributed by atoms with Gasteiger partial charge in [0.05, 0.1) is 5.92 Å². The zero-order chi connectivity index (χ0) is 13.4. The van der Waals surface area contributed by atoms with Gasteiger partial charge in [-0.3, -0.25) is 14.9 Å². The van der Waals surface area contributed by atoms with Crippen molar-refractivity contribution in [3.8, 4) is 0 Å². The number of hydrogen-bond donors (Lipinski definition) is 2. The Morgan fingerprint density at radius 3 is 2.95 bits per heavy atom. The summed E-state index contributed by atoms with van der Waals surface area (Å²) in [5, 5.41) is 4.24. The third-order valence-electron chi connectivity index (χ3n) is 3.43. The van der Waals surface area contributed by atoms with Crippen molar-refractivity contribution in [2.24, 2.45) is 0 Å². The van der Waals surface area contributed by atoms with Gasteiger partial charge in [-0.15, -0.1) is 0 Å². The average Bonchev–Trinajstić information content (AvgIpc) is 2.38. The third-order valence-corrected chi connectivity index (χ3v) is 3.43. The van der Waals surface area contributed by atoms with Gasteiger partial charge in [0, 0.05) is 18.0 Å². The molecule has 1 atom stereocenters. The number of anilines is 1. The van der Waals surface area contributed by atoms with E-state index in [1.165, 1.54) is 0 Å². The smallest absolute Gasteiger partial charge is 0.234 e. The molecular formula is C14H13N3O2. The Balaban J connectivity index is 2.12. The Labute approximate surface area is 109 Å². The number of pyridine rings is 1. The van der Waals surface area contributed by atoms with Gasteiger partial charge in [0.1, 0.15) is 5.82 Å². The molecule has 1 aliphatic rings. The zero-order valence-corrected chi connectivity index (χ0v) is 10.2. The number of benzene rings is 1. The summed E-state index contributed by atoms with van der Waals surface area (Å²) in [6.07, 6.45) is 2.60. The van der Waals surface area contributed by atoms with Gasteiger partial charge in [-0.2, -0.15) is 0 Å². The van der Waals surface area contributed by atoms with Crippen LogP contribution in [0.3, 0.4) is 0 Å². The maximum absolute atomic E-state index is 12.0. The first kappa shape index (κ1) is 11.6.